The molecule has 1 amide bonds. The molecule has 1 saturated heterocycles. The highest BCUT2D eigenvalue weighted by Gasteiger charge is 2.20. The summed E-state index contributed by atoms with van der Waals surface area (Å²) in [6.07, 6.45) is 1.50. The first-order chi connectivity index (χ1) is 11.1. The van der Waals surface area contributed by atoms with E-state index in [9.17, 15) is 9.90 Å². The number of β-amino-alcohol motifs (C(OH)–C–C–N with tert-alkyl or cyclic N) is 1. The van der Waals surface area contributed by atoms with Crippen LogP contribution in [0.25, 0.3) is 10.2 Å². The van der Waals surface area contributed by atoms with Crippen molar-refractivity contribution in [1.29, 1.82) is 0 Å². The summed E-state index contributed by atoms with van der Waals surface area (Å²) in [4.78, 5) is 18.7. The third kappa shape index (κ3) is 4.28. The summed E-state index contributed by atoms with van der Waals surface area (Å²) >= 11 is 1.69. The number of para-hydroxylation sites is 1. The van der Waals surface area contributed by atoms with E-state index in [2.05, 4.69) is 23.3 Å². The number of likely N-dealkylation sites (tertiary alicyclic amines) is 1. The van der Waals surface area contributed by atoms with Crippen molar-refractivity contribution >= 4 is 27.5 Å². The first-order valence-corrected chi connectivity index (χ1v) is 8.96. The summed E-state index contributed by atoms with van der Waals surface area (Å²) in [5.74, 6) is 0.218. The highest BCUT2D eigenvalue weighted by atomic mass is 32.1. The zero-order valence-corrected chi connectivity index (χ0v) is 14.2. The zero-order chi connectivity index (χ0) is 16.2. The van der Waals surface area contributed by atoms with E-state index in [1.54, 1.807) is 11.3 Å². The normalized spacial score (nSPS) is 20.5. The smallest absolute Gasteiger partial charge is 0.234 e. The lowest BCUT2D eigenvalue weighted by atomic mass is 10.1. The van der Waals surface area contributed by atoms with E-state index in [4.69, 9.17) is 0 Å². The van der Waals surface area contributed by atoms with Crippen LogP contribution in [0.4, 0.5) is 0 Å². The van der Waals surface area contributed by atoms with Gasteiger partial charge >= 0.3 is 0 Å². The molecule has 124 valence electrons. The van der Waals surface area contributed by atoms with Gasteiger partial charge in [-0.15, -0.1) is 11.3 Å². The number of nitrogens with zero attached hydrogens (tertiary/aromatic N) is 2. The van der Waals surface area contributed by atoms with Crippen molar-refractivity contribution in [2.45, 2.75) is 31.8 Å². The number of aliphatic hydroxyl groups is 1. The maximum absolute atomic E-state index is 12.1. The second-order valence-corrected chi connectivity index (χ2v) is 7.32. The number of fused-ring (bicyclic) bond motifs is 1. The maximum atomic E-state index is 12.1. The molecule has 1 fully saturated rings. The lowest BCUT2D eigenvalue weighted by Gasteiger charge is -2.29. The summed E-state index contributed by atoms with van der Waals surface area (Å²) in [7, 11) is 0. The monoisotopic (exact) mass is 333 g/mol. The molecule has 2 aromatic rings. The Labute approximate surface area is 140 Å². The number of rotatable bonds is 5. The van der Waals surface area contributed by atoms with Gasteiger partial charge in [0.15, 0.2) is 0 Å². The van der Waals surface area contributed by atoms with Crippen molar-refractivity contribution in [1.82, 2.24) is 15.2 Å². The van der Waals surface area contributed by atoms with Gasteiger partial charge in [0.1, 0.15) is 0 Å². The maximum Gasteiger partial charge on any atom is 0.234 e. The number of nitrogens with one attached hydrogen (secondary N) is 1. The molecular weight excluding hydrogens is 310 g/mol. The van der Waals surface area contributed by atoms with E-state index in [0.717, 1.165) is 29.9 Å². The fourth-order valence-electron chi connectivity index (χ4n) is 2.89. The number of thiazole rings is 1. The van der Waals surface area contributed by atoms with Crippen LogP contribution in [0.1, 0.15) is 30.7 Å². The van der Waals surface area contributed by atoms with Crippen molar-refractivity contribution in [3.8, 4) is 0 Å². The van der Waals surface area contributed by atoms with Crippen LogP contribution in [0, 0.1) is 0 Å². The molecule has 2 atom stereocenters. The van der Waals surface area contributed by atoms with E-state index in [1.807, 2.05) is 23.1 Å². The molecule has 2 unspecified atom stereocenters. The molecule has 1 aromatic carbocycles. The Hall–Kier alpha value is -1.50. The Bertz CT molecular complexity index is 640. The molecule has 0 aliphatic carbocycles. The molecule has 2 heterocycles. The van der Waals surface area contributed by atoms with Crippen LogP contribution in [0.15, 0.2) is 24.3 Å². The van der Waals surface area contributed by atoms with Crippen LogP contribution in [0.3, 0.4) is 0 Å². The highest BCUT2D eigenvalue weighted by molar-refractivity contribution is 7.18. The summed E-state index contributed by atoms with van der Waals surface area (Å²) in [6, 6.07) is 8.10. The number of carbonyl (C=O) groups is 1. The molecule has 0 bridgehead atoms. The van der Waals surface area contributed by atoms with Crippen molar-refractivity contribution in [3.63, 3.8) is 0 Å². The van der Waals surface area contributed by atoms with Crippen molar-refractivity contribution in [2.75, 3.05) is 26.2 Å². The Morgan fingerprint density at radius 3 is 3.13 bits per heavy atom. The van der Waals surface area contributed by atoms with E-state index >= 15 is 0 Å². The molecule has 23 heavy (non-hydrogen) atoms. The number of amides is 1. The SMILES string of the molecule is CC(CNC(=O)CN1CCCC(O)C1)c1nc2ccccc2s1. The Balaban J connectivity index is 1.50. The number of aromatic nitrogens is 1. The molecule has 2 N–H and O–H groups in total. The standard InChI is InChI=1S/C17H23N3O2S/c1-12(17-19-14-6-2-3-7-15(14)23-17)9-18-16(22)11-20-8-4-5-13(21)10-20/h2-3,6-7,12-13,21H,4-5,8-11H2,1H3,(H,18,22). The third-order valence-electron chi connectivity index (χ3n) is 4.19. The van der Waals surface area contributed by atoms with E-state index < -0.39 is 0 Å². The van der Waals surface area contributed by atoms with Gasteiger partial charge in [0.05, 0.1) is 27.9 Å². The van der Waals surface area contributed by atoms with Crippen molar-refractivity contribution in [3.05, 3.63) is 29.3 Å². The van der Waals surface area contributed by atoms with Gasteiger partial charge in [-0.3, -0.25) is 9.69 Å². The summed E-state index contributed by atoms with van der Waals surface area (Å²) in [6.45, 7) is 4.53. The first-order valence-electron chi connectivity index (χ1n) is 8.14. The van der Waals surface area contributed by atoms with Crippen LogP contribution < -0.4 is 5.32 Å². The highest BCUT2D eigenvalue weighted by Crippen LogP contribution is 2.26. The topological polar surface area (TPSA) is 65.5 Å². The minimum Gasteiger partial charge on any atom is -0.392 e. The Morgan fingerprint density at radius 1 is 1.52 bits per heavy atom. The summed E-state index contributed by atoms with van der Waals surface area (Å²) in [5.41, 5.74) is 1.02. The van der Waals surface area contributed by atoms with Crippen LogP contribution in [0.5, 0.6) is 0 Å². The minimum absolute atomic E-state index is 0.0204. The van der Waals surface area contributed by atoms with E-state index in [-0.39, 0.29) is 17.9 Å². The van der Waals surface area contributed by atoms with Gasteiger partial charge in [0, 0.05) is 19.0 Å². The van der Waals surface area contributed by atoms with E-state index in [0.29, 0.717) is 19.6 Å². The molecule has 0 radical (unpaired) electrons. The third-order valence-corrected chi connectivity index (χ3v) is 5.45. The largest absolute Gasteiger partial charge is 0.392 e. The Kier molecular flexibility index (Phi) is 5.25. The van der Waals surface area contributed by atoms with Crippen LogP contribution >= 0.6 is 11.3 Å². The van der Waals surface area contributed by atoms with Crippen molar-refractivity contribution in [2.24, 2.45) is 0 Å². The molecule has 0 spiro atoms. The quantitative estimate of drug-likeness (QED) is 0.878. The number of piperidine rings is 1. The van der Waals surface area contributed by atoms with Gasteiger partial charge in [0.25, 0.3) is 0 Å². The number of hydrogen-bond donors (Lipinski definition) is 2. The van der Waals surface area contributed by atoms with Gasteiger partial charge < -0.3 is 10.4 Å². The molecule has 0 saturated carbocycles. The fraction of sp³-hybridized carbons (Fsp3) is 0.529. The van der Waals surface area contributed by atoms with Gasteiger partial charge in [-0.25, -0.2) is 4.98 Å². The second-order valence-electron chi connectivity index (χ2n) is 6.26. The predicted octanol–water partition coefficient (Wildman–Crippen LogP) is 1.97. The summed E-state index contributed by atoms with van der Waals surface area (Å²) in [5, 5.41) is 13.7. The lowest BCUT2D eigenvalue weighted by Crippen LogP contribution is -2.44. The molecular formula is C17H23N3O2S. The number of benzene rings is 1. The second kappa shape index (κ2) is 7.38. The molecule has 1 aliphatic rings. The zero-order valence-electron chi connectivity index (χ0n) is 13.4. The molecule has 6 heteroatoms. The van der Waals surface area contributed by atoms with Crippen LogP contribution in [-0.2, 0) is 4.79 Å². The number of aliphatic hydroxyl groups excluding tert-OH is 1. The Morgan fingerprint density at radius 2 is 2.35 bits per heavy atom. The van der Waals surface area contributed by atoms with E-state index in [1.165, 1.54) is 4.70 Å². The average molecular weight is 333 g/mol. The molecule has 1 aliphatic heterocycles. The number of hydrogen-bond acceptors (Lipinski definition) is 5. The van der Waals surface area contributed by atoms with Crippen LogP contribution in [0.2, 0.25) is 0 Å². The fourth-order valence-corrected chi connectivity index (χ4v) is 3.91. The summed E-state index contributed by atoms with van der Waals surface area (Å²) < 4.78 is 1.18. The molecule has 1 aromatic heterocycles. The predicted molar refractivity (Wildman–Crippen MR) is 92.7 cm³/mol. The van der Waals surface area contributed by atoms with Gasteiger partial charge in [0.2, 0.25) is 5.91 Å². The average Bonchev–Trinajstić information content (AvgIpc) is 2.97. The van der Waals surface area contributed by atoms with Gasteiger partial charge in [-0.05, 0) is 31.5 Å². The molecule has 3 rings (SSSR count). The van der Waals surface area contributed by atoms with Gasteiger partial charge in [-0.2, -0.15) is 0 Å². The minimum atomic E-state index is -0.293. The van der Waals surface area contributed by atoms with Crippen LogP contribution in [-0.4, -0.2) is 53.2 Å². The van der Waals surface area contributed by atoms with Gasteiger partial charge in [-0.1, -0.05) is 19.1 Å². The number of carbonyl (C=O) groups excluding carboxylic acids is 1. The van der Waals surface area contributed by atoms with Crippen molar-refractivity contribution < 1.29 is 9.90 Å². The first kappa shape index (κ1) is 16.4. The molecule has 5 nitrogen and oxygen atoms in total. The lowest BCUT2D eigenvalue weighted by molar-refractivity contribution is -0.122.